The first-order valence-electron chi connectivity index (χ1n) is 5.84. The quantitative estimate of drug-likeness (QED) is 0.433. The van der Waals surface area contributed by atoms with Crippen LogP contribution in [0.4, 0.5) is 22.0 Å². The maximum atomic E-state index is 14.2. The monoisotopic (exact) mass is 302 g/mol. The fraction of sp³-hybridized carbons (Fsp3) is 0.769. The summed E-state index contributed by atoms with van der Waals surface area (Å²) in [6.07, 6.45) is 0.500. The molecule has 0 saturated carbocycles. The minimum atomic E-state index is -5.03. The average molecular weight is 302 g/mol. The third-order valence-corrected chi connectivity index (χ3v) is 2.83. The summed E-state index contributed by atoms with van der Waals surface area (Å²) in [4.78, 5) is 11.7. The minimum Gasteiger partial charge on any atom is -0.497 e. The number of methoxy groups -OCH3 is 1. The van der Waals surface area contributed by atoms with Crippen LogP contribution in [0.5, 0.6) is 0 Å². The number of rotatable bonds is 5. The predicted octanol–water partition coefficient (Wildman–Crippen LogP) is 4.15. The molecule has 0 saturated heterocycles. The van der Waals surface area contributed by atoms with E-state index in [1.54, 1.807) is 0 Å². The third kappa shape index (κ3) is 3.49. The van der Waals surface area contributed by atoms with E-state index < -0.39 is 34.5 Å². The van der Waals surface area contributed by atoms with E-state index in [-0.39, 0.29) is 13.8 Å². The van der Waals surface area contributed by atoms with Crippen molar-refractivity contribution in [1.82, 2.24) is 0 Å². The number of hydrogen-bond acceptors (Lipinski definition) is 2. The average Bonchev–Trinajstić information content (AvgIpc) is 2.21. The van der Waals surface area contributed by atoms with Gasteiger partial charge in [-0.15, -0.1) is 0 Å². The summed E-state index contributed by atoms with van der Waals surface area (Å²) in [5.41, 5.74) is -4.80. The summed E-state index contributed by atoms with van der Waals surface area (Å²) in [7, 11) is 0.837. The summed E-state index contributed by atoms with van der Waals surface area (Å²) in [5, 5.41) is 0. The zero-order chi connectivity index (χ0) is 16.6. The van der Waals surface area contributed by atoms with Crippen LogP contribution < -0.4 is 0 Å². The lowest BCUT2D eigenvalue weighted by Crippen LogP contribution is -2.54. The molecule has 20 heavy (non-hydrogen) atoms. The SMILES string of the molecule is CO/C(=C\C(=O)C(C)(C)C)C(C)(F)C(F)(F)C(C)(F)F. The highest BCUT2D eigenvalue weighted by Crippen LogP contribution is 2.48. The number of alkyl halides is 5. The summed E-state index contributed by atoms with van der Waals surface area (Å²) in [5.74, 6) is -11.5. The number of carbonyl (C=O) groups is 1. The van der Waals surface area contributed by atoms with Crippen LogP contribution in [0.25, 0.3) is 0 Å². The van der Waals surface area contributed by atoms with Crippen molar-refractivity contribution < 1.29 is 31.5 Å². The van der Waals surface area contributed by atoms with Crippen molar-refractivity contribution in [2.45, 2.75) is 52.1 Å². The summed E-state index contributed by atoms with van der Waals surface area (Å²) >= 11 is 0. The highest BCUT2D eigenvalue weighted by molar-refractivity contribution is 5.94. The van der Waals surface area contributed by atoms with Gasteiger partial charge in [0.15, 0.2) is 5.78 Å². The van der Waals surface area contributed by atoms with Gasteiger partial charge >= 0.3 is 11.8 Å². The Hall–Kier alpha value is -1.14. The molecule has 0 N–H and O–H groups in total. The molecule has 0 rings (SSSR count). The van der Waals surface area contributed by atoms with Crippen molar-refractivity contribution in [3.05, 3.63) is 11.8 Å². The smallest absolute Gasteiger partial charge is 0.349 e. The molecule has 2 nitrogen and oxygen atoms in total. The molecule has 0 aromatic heterocycles. The molecule has 1 atom stereocenters. The molecular weight excluding hydrogens is 283 g/mol. The highest BCUT2D eigenvalue weighted by Gasteiger charge is 2.67. The van der Waals surface area contributed by atoms with Crippen LogP contribution >= 0.6 is 0 Å². The number of hydrogen-bond donors (Lipinski definition) is 0. The van der Waals surface area contributed by atoms with Crippen LogP contribution in [0.2, 0.25) is 0 Å². The lowest BCUT2D eigenvalue weighted by molar-refractivity contribution is -0.256. The molecular formula is C13H19F5O2. The van der Waals surface area contributed by atoms with E-state index in [1.807, 2.05) is 0 Å². The van der Waals surface area contributed by atoms with Gasteiger partial charge in [-0.3, -0.25) is 4.79 Å². The fourth-order valence-electron chi connectivity index (χ4n) is 1.29. The number of allylic oxidation sites excluding steroid dienone is 2. The molecule has 0 aliphatic carbocycles. The Labute approximate surface area is 115 Å². The van der Waals surface area contributed by atoms with Crippen molar-refractivity contribution in [2.24, 2.45) is 5.41 Å². The molecule has 1 unspecified atom stereocenters. The summed E-state index contributed by atoms with van der Waals surface area (Å²) in [6.45, 7) is 4.59. The van der Waals surface area contributed by atoms with Crippen molar-refractivity contribution in [2.75, 3.05) is 7.11 Å². The Bertz CT molecular complexity index is 400. The zero-order valence-electron chi connectivity index (χ0n) is 12.3. The number of ketones is 1. The Balaban J connectivity index is 5.78. The van der Waals surface area contributed by atoms with Gasteiger partial charge in [0.05, 0.1) is 7.11 Å². The molecule has 0 amide bonds. The van der Waals surface area contributed by atoms with E-state index in [1.165, 1.54) is 20.8 Å². The first-order valence-corrected chi connectivity index (χ1v) is 5.84. The van der Waals surface area contributed by atoms with E-state index in [2.05, 4.69) is 4.74 Å². The van der Waals surface area contributed by atoms with E-state index in [0.29, 0.717) is 6.08 Å². The molecule has 0 bridgehead atoms. The Morgan fingerprint density at radius 1 is 0.950 bits per heavy atom. The number of ether oxygens (including phenoxy) is 1. The van der Waals surface area contributed by atoms with E-state index in [9.17, 15) is 26.7 Å². The molecule has 0 heterocycles. The van der Waals surface area contributed by atoms with Crippen LogP contribution in [0, 0.1) is 5.41 Å². The zero-order valence-corrected chi connectivity index (χ0v) is 12.3. The van der Waals surface area contributed by atoms with Gasteiger partial charge in [-0.25, -0.2) is 13.2 Å². The Kier molecular flexibility index (Phi) is 5.03. The van der Waals surface area contributed by atoms with Gasteiger partial charge in [-0.05, 0) is 6.92 Å². The standard InChI is InChI=1S/C13H19F5O2/c1-10(2,3)8(19)7-9(20-6)11(4,14)13(17,18)12(5,15)16/h7H,1-6H3/b9-7-. The van der Waals surface area contributed by atoms with Crippen molar-refractivity contribution in [3.63, 3.8) is 0 Å². The lowest BCUT2D eigenvalue weighted by atomic mass is 9.87. The van der Waals surface area contributed by atoms with Gasteiger partial charge in [0, 0.05) is 18.4 Å². The second-order valence-electron chi connectivity index (χ2n) is 5.79. The lowest BCUT2D eigenvalue weighted by Gasteiger charge is -2.34. The van der Waals surface area contributed by atoms with E-state index in [4.69, 9.17) is 0 Å². The first-order chi connectivity index (χ1) is 8.59. The van der Waals surface area contributed by atoms with Crippen molar-refractivity contribution in [1.29, 1.82) is 0 Å². The van der Waals surface area contributed by atoms with Crippen molar-refractivity contribution in [3.8, 4) is 0 Å². The van der Waals surface area contributed by atoms with Crippen molar-refractivity contribution >= 4 is 5.78 Å². The van der Waals surface area contributed by atoms with Gasteiger partial charge in [0.1, 0.15) is 5.76 Å². The van der Waals surface area contributed by atoms with Crippen LogP contribution in [-0.4, -0.2) is 30.4 Å². The van der Waals surface area contributed by atoms with Crippen LogP contribution in [0.3, 0.4) is 0 Å². The van der Waals surface area contributed by atoms with Crippen LogP contribution in [0.15, 0.2) is 11.8 Å². The molecule has 0 aliphatic rings. The van der Waals surface area contributed by atoms with E-state index >= 15 is 0 Å². The Morgan fingerprint density at radius 2 is 1.35 bits per heavy atom. The van der Waals surface area contributed by atoms with Gasteiger partial charge in [-0.1, -0.05) is 20.8 Å². The molecule has 0 spiro atoms. The maximum Gasteiger partial charge on any atom is 0.349 e. The maximum absolute atomic E-state index is 14.2. The predicted molar refractivity (Wildman–Crippen MR) is 64.6 cm³/mol. The molecule has 0 fully saturated rings. The molecule has 7 heteroatoms. The van der Waals surface area contributed by atoms with Gasteiger partial charge in [-0.2, -0.15) is 8.78 Å². The minimum absolute atomic E-state index is 0.0936. The largest absolute Gasteiger partial charge is 0.497 e. The number of carbonyl (C=O) groups excluding carboxylic acids is 1. The second kappa shape index (κ2) is 5.33. The molecule has 0 aliphatic heterocycles. The first kappa shape index (κ1) is 18.9. The molecule has 0 radical (unpaired) electrons. The van der Waals surface area contributed by atoms with Crippen LogP contribution in [-0.2, 0) is 9.53 Å². The number of halogens is 5. The normalized spacial score (nSPS) is 17.6. The molecule has 0 aromatic rings. The van der Waals surface area contributed by atoms with E-state index in [0.717, 1.165) is 7.11 Å². The third-order valence-electron chi connectivity index (χ3n) is 2.83. The van der Waals surface area contributed by atoms with Gasteiger partial charge < -0.3 is 4.74 Å². The summed E-state index contributed by atoms with van der Waals surface area (Å²) < 4.78 is 71.5. The second-order valence-corrected chi connectivity index (χ2v) is 5.79. The topological polar surface area (TPSA) is 26.3 Å². The summed E-state index contributed by atoms with van der Waals surface area (Å²) in [6, 6.07) is 0. The molecule has 118 valence electrons. The Morgan fingerprint density at radius 3 is 1.60 bits per heavy atom. The van der Waals surface area contributed by atoms with Crippen LogP contribution in [0.1, 0.15) is 34.6 Å². The highest BCUT2D eigenvalue weighted by atomic mass is 19.3. The molecule has 0 aromatic carbocycles. The van der Waals surface area contributed by atoms with Gasteiger partial charge in [0.2, 0.25) is 5.67 Å². The fourth-order valence-corrected chi connectivity index (χ4v) is 1.29. The van der Waals surface area contributed by atoms with Gasteiger partial charge in [0.25, 0.3) is 0 Å².